The van der Waals surface area contributed by atoms with Crippen molar-refractivity contribution in [2.24, 2.45) is 0 Å². The zero-order valence-corrected chi connectivity index (χ0v) is 48.3. The Kier molecular flexibility index (Phi) is 45.8. The number of hydrogen-bond acceptors (Lipinski definition) is 14. The van der Waals surface area contributed by atoms with E-state index in [1.54, 1.807) is 0 Å². The van der Waals surface area contributed by atoms with Crippen molar-refractivity contribution in [3.63, 3.8) is 0 Å². The van der Waals surface area contributed by atoms with Crippen LogP contribution in [0.3, 0.4) is 0 Å². The number of esters is 1. The minimum absolute atomic E-state index is 0.0588. The molecule has 2 saturated heterocycles. The summed E-state index contributed by atoms with van der Waals surface area (Å²) in [6.45, 7) is 3.70. The maximum atomic E-state index is 13.1. The van der Waals surface area contributed by atoms with Gasteiger partial charge in [-0.1, -0.05) is 237 Å². The minimum Gasteiger partial charge on any atom is -0.457 e. The van der Waals surface area contributed by atoms with Gasteiger partial charge in [-0.05, 0) is 44.9 Å². The first-order chi connectivity index (χ1) is 37.1. The van der Waals surface area contributed by atoms with Crippen molar-refractivity contribution in [1.82, 2.24) is 0 Å². The quantitative estimate of drug-likeness (QED) is 0.0172. The molecule has 0 bridgehead atoms. The molecular weight excluding hydrogens is 969 g/mol. The lowest BCUT2D eigenvalue weighted by atomic mass is 9.98. The van der Waals surface area contributed by atoms with E-state index in [1.807, 2.05) is 0 Å². The van der Waals surface area contributed by atoms with E-state index < -0.39 is 80.7 Å². The maximum Gasteiger partial charge on any atom is 0.306 e. The zero-order chi connectivity index (χ0) is 55.1. The van der Waals surface area contributed by atoms with E-state index in [0.717, 1.165) is 57.8 Å². The summed E-state index contributed by atoms with van der Waals surface area (Å²) in [6, 6.07) is 0. The van der Waals surface area contributed by atoms with Gasteiger partial charge in [0.1, 0.15) is 54.9 Å². The monoisotopic (exact) mass is 1080 g/mol. The fourth-order valence-corrected chi connectivity index (χ4v) is 10.1. The van der Waals surface area contributed by atoms with E-state index in [2.05, 4.69) is 38.2 Å². The smallest absolute Gasteiger partial charge is 0.306 e. The SMILES string of the molecule is CCCCCC/C=C\C/C=C\CCCCCCCCOCC(COC1OC(COC2OC(CO)C(O)C(O)C2O)C(O)C(O)C1O)OC(=O)CCCCCCCCCCCCCCCCCCCCCCCCCCC. The van der Waals surface area contributed by atoms with Crippen LogP contribution in [-0.2, 0) is 33.2 Å². The molecule has 2 rings (SSSR count). The van der Waals surface area contributed by atoms with Gasteiger partial charge in [0.05, 0.1) is 26.4 Å². The molecule has 0 amide bonds. The first-order valence-corrected chi connectivity index (χ1v) is 31.4. The summed E-state index contributed by atoms with van der Waals surface area (Å²) in [5.74, 6) is -0.373. The lowest BCUT2D eigenvalue weighted by molar-refractivity contribution is -0.332. The summed E-state index contributed by atoms with van der Waals surface area (Å²) in [4.78, 5) is 13.1. The Morgan fingerprint density at radius 3 is 1.28 bits per heavy atom. The van der Waals surface area contributed by atoms with Gasteiger partial charge in [0.2, 0.25) is 0 Å². The highest BCUT2D eigenvalue weighted by Gasteiger charge is 2.47. The predicted octanol–water partition coefficient (Wildman–Crippen LogP) is 11.9. The molecule has 76 heavy (non-hydrogen) atoms. The first kappa shape index (κ1) is 70.6. The third kappa shape index (κ3) is 35.3. The molecule has 0 spiro atoms. The lowest BCUT2D eigenvalue weighted by Gasteiger charge is -2.42. The predicted molar refractivity (Wildman–Crippen MR) is 303 cm³/mol. The van der Waals surface area contributed by atoms with Crippen molar-refractivity contribution >= 4 is 5.97 Å². The first-order valence-electron chi connectivity index (χ1n) is 31.4. The number of carbonyl (C=O) groups excluding carboxylic acids is 1. The number of rotatable bonds is 52. The zero-order valence-electron chi connectivity index (χ0n) is 48.3. The Hall–Kier alpha value is -1.53. The van der Waals surface area contributed by atoms with Crippen LogP contribution in [0.25, 0.3) is 0 Å². The number of unbranched alkanes of at least 4 members (excludes halogenated alkanes) is 34. The molecule has 0 aliphatic carbocycles. The Bertz CT molecular complexity index is 1350. The molecular formula is C62H116O14. The second-order valence-corrected chi connectivity index (χ2v) is 22.2. The second kappa shape index (κ2) is 49.3. The number of allylic oxidation sites excluding steroid dienone is 4. The Labute approximate surface area is 462 Å². The van der Waals surface area contributed by atoms with Gasteiger partial charge in [-0.2, -0.15) is 0 Å². The molecule has 0 radical (unpaired) electrons. The summed E-state index contributed by atoms with van der Waals surface area (Å²) in [6.07, 6.45) is 41.0. The third-order valence-electron chi connectivity index (χ3n) is 15.2. The van der Waals surface area contributed by atoms with Crippen LogP contribution in [0.15, 0.2) is 24.3 Å². The normalized spacial score (nSPS) is 24.5. The Balaban J connectivity index is 1.67. The minimum atomic E-state index is -1.71. The van der Waals surface area contributed by atoms with E-state index in [4.69, 9.17) is 28.4 Å². The molecule has 0 aromatic rings. The molecule has 2 aliphatic rings. The van der Waals surface area contributed by atoms with Gasteiger partial charge in [-0.15, -0.1) is 0 Å². The number of aliphatic hydroxyl groups excluding tert-OH is 7. The molecule has 11 unspecified atom stereocenters. The number of ether oxygens (including phenoxy) is 6. The molecule has 448 valence electrons. The molecule has 2 aliphatic heterocycles. The van der Waals surface area contributed by atoms with E-state index in [1.165, 1.54) is 180 Å². The standard InChI is InChI=1S/C62H116O14/c1-3-5-7-9-11-13-15-17-19-21-22-23-24-25-26-27-28-29-31-33-35-37-39-41-43-45-54(64)74-51(48-71-46-44-42-40-38-36-34-32-30-20-18-16-14-12-10-8-6-4-2)49-72-61-60(70)58(68)56(66)53(76-61)50-73-62-59(69)57(67)55(65)52(47-63)75-62/h14,16,20,30,51-53,55-63,65-70H,3-13,15,17-19,21-29,31-50H2,1-2H3/b16-14-,30-20-. The molecule has 14 heteroatoms. The van der Waals surface area contributed by atoms with Gasteiger partial charge in [-0.3, -0.25) is 4.79 Å². The highest BCUT2D eigenvalue weighted by molar-refractivity contribution is 5.69. The van der Waals surface area contributed by atoms with E-state index >= 15 is 0 Å². The largest absolute Gasteiger partial charge is 0.457 e. The summed E-state index contributed by atoms with van der Waals surface area (Å²) < 4.78 is 34.4. The van der Waals surface area contributed by atoms with Crippen LogP contribution in [0.2, 0.25) is 0 Å². The van der Waals surface area contributed by atoms with Gasteiger partial charge in [-0.25, -0.2) is 0 Å². The molecule has 0 saturated carbocycles. The van der Waals surface area contributed by atoms with Crippen molar-refractivity contribution in [2.75, 3.05) is 33.0 Å². The molecule has 7 N–H and O–H groups in total. The molecule has 2 fully saturated rings. The van der Waals surface area contributed by atoms with Gasteiger partial charge < -0.3 is 64.2 Å². The van der Waals surface area contributed by atoms with Gasteiger partial charge >= 0.3 is 5.97 Å². The molecule has 11 atom stereocenters. The Morgan fingerprint density at radius 1 is 0.434 bits per heavy atom. The maximum absolute atomic E-state index is 13.1. The number of hydrogen-bond donors (Lipinski definition) is 7. The van der Waals surface area contributed by atoms with E-state index in [9.17, 15) is 40.5 Å². The van der Waals surface area contributed by atoms with Crippen molar-refractivity contribution in [3.05, 3.63) is 24.3 Å². The van der Waals surface area contributed by atoms with Crippen molar-refractivity contribution in [1.29, 1.82) is 0 Å². The lowest BCUT2D eigenvalue weighted by Crippen LogP contribution is -2.61. The molecule has 2 heterocycles. The average Bonchev–Trinajstić information content (AvgIpc) is 3.42. The number of carbonyl (C=O) groups is 1. The highest BCUT2D eigenvalue weighted by atomic mass is 16.7. The fraction of sp³-hybridized carbons (Fsp3) is 0.919. The van der Waals surface area contributed by atoms with Gasteiger partial charge in [0.25, 0.3) is 0 Å². The summed E-state index contributed by atoms with van der Waals surface area (Å²) >= 11 is 0. The number of aliphatic hydroxyl groups is 7. The topological polar surface area (TPSA) is 214 Å². The second-order valence-electron chi connectivity index (χ2n) is 22.2. The van der Waals surface area contributed by atoms with Gasteiger partial charge in [0, 0.05) is 13.0 Å². The van der Waals surface area contributed by atoms with Crippen LogP contribution >= 0.6 is 0 Å². The van der Waals surface area contributed by atoms with Crippen LogP contribution < -0.4 is 0 Å². The summed E-state index contributed by atoms with van der Waals surface area (Å²) in [7, 11) is 0. The van der Waals surface area contributed by atoms with Crippen molar-refractivity contribution in [3.8, 4) is 0 Å². The van der Waals surface area contributed by atoms with Gasteiger partial charge in [0.15, 0.2) is 12.6 Å². The molecule has 14 nitrogen and oxygen atoms in total. The van der Waals surface area contributed by atoms with Crippen LogP contribution in [0, 0.1) is 0 Å². The molecule has 0 aromatic heterocycles. The Morgan fingerprint density at radius 2 is 0.816 bits per heavy atom. The van der Waals surface area contributed by atoms with E-state index in [0.29, 0.717) is 13.0 Å². The fourth-order valence-electron chi connectivity index (χ4n) is 10.1. The van der Waals surface area contributed by atoms with Crippen molar-refractivity contribution in [2.45, 2.75) is 332 Å². The summed E-state index contributed by atoms with van der Waals surface area (Å²) in [5.41, 5.74) is 0. The highest BCUT2D eigenvalue weighted by Crippen LogP contribution is 2.27. The average molecular weight is 1090 g/mol. The molecule has 0 aromatic carbocycles. The van der Waals surface area contributed by atoms with Crippen LogP contribution in [0.4, 0.5) is 0 Å². The van der Waals surface area contributed by atoms with Crippen molar-refractivity contribution < 1.29 is 69.0 Å². The van der Waals surface area contributed by atoms with Crippen LogP contribution in [0.1, 0.15) is 264 Å². The third-order valence-corrected chi connectivity index (χ3v) is 15.2. The van der Waals surface area contributed by atoms with Crippen LogP contribution in [-0.4, -0.2) is 142 Å². The summed E-state index contributed by atoms with van der Waals surface area (Å²) in [5, 5.41) is 72.4. The van der Waals surface area contributed by atoms with E-state index in [-0.39, 0.29) is 25.6 Å². The van der Waals surface area contributed by atoms with Crippen LogP contribution in [0.5, 0.6) is 0 Å².